The maximum atomic E-state index is 13.1. The van der Waals surface area contributed by atoms with Crippen molar-refractivity contribution in [2.45, 2.75) is 12.4 Å². The summed E-state index contributed by atoms with van der Waals surface area (Å²) in [6.07, 6.45) is -10.2. The van der Waals surface area contributed by atoms with Crippen LogP contribution in [0.2, 0.25) is 0 Å². The number of hydrogen-bond acceptors (Lipinski definition) is 2. The molecule has 0 unspecified atom stereocenters. The fourth-order valence-electron chi connectivity index (χ4n) is 1.92. The third-order valence-corrected chi connectivity index (χ3v) is 3.05. The number of carbonyl (C=O) groups excluding carboxylic acids is 1. The van der Waals surface area contributed by atoms with E-state index >= 15 is 0 Å². The highest BCUT2D eigenvalue weighted by molar-refractivity contribution is 6.06. The molecule has 0 radical (unpaired) electrons. The number of phenolic OH excluding ortho intramolecular Hbond substituents is 1. The molecule has 3 nitrogen and oxygen atoms in total. The Hall–Kier alpha value is -2.78. The van der Waals surface area contributed by atoms with E-state index in [0.29, 0.717) is 18.2 Å². The van der Waals surface area contributed by atoms with E-state index < -0.39 is 52.2 Å². The molecule has 0 saturated carbocycles. The lowest BCUT2D eigenvalue weighted by Crippen LogP contribution is -2.16. The number of amides is 1. The van der Waals surface area contributed by atoms with Gasteiger partial charge in [0.25, 0.3) is 5.91 Å². The quantitative estimate of drug-likeness (QED) is 0.748. The van der Waals surface area contributed by atoms with Crippen molar-refractivity contribution in [3.63, 3.8) is 0 Å². The number of phenols is 1. The minimum Gasteiger partial charge on any atom is -0.507 e. The lowest BCUT2D eigenvalue weighted by atomic mass is 10.1. The zero-order valence-electron chi connectivity index (χ0n) is 12.0. The molecule has 0 aliphatic carbocycles. The minimum absolute atomic E-state index is 0.102. The van der Waals surface area contributed by atoms with E-state index in [9.17, 15) is 40.6 Å². The highest BCUT2D eigenvalue weighted by atomic mass is 19.4. The number of carbonyl (C=O) groups is 1. The molecule has 0 spiro atoms. The van der Waals surface area contributed by atoms with Gasteiger partial charge in [-0.25, -0.2) is 4.39 Å². The fraction of sp³-hybridized carbons (Fsp3) is 0.133. The predicted molar refractivity (Wildman–Crippen MR) is 72.5 cm³/mol. The molecule has 2 aromatic carbocycles. The van der Waals surface area contributed by atoms with Crippen molar-refractivity contribution < 1.29 is 40.6 Å². The number of hydrogen-bond donors (Lipinski definition) is 2. The normalized spacial score (nSPS) is 12.1. The molecule has 0 heterocycles. The van der Waals surface area contributed by atoms with Gasteiger partial charge in [-0.3, -0.25) is 4.79 Å². The summed E-state index contributed by atoms with van der Waals surface area (Å²) in [5.41, 5.74) is -4.70. The Morgan fingerprint density at radius 2 is 1.40 bits per heavy atom. The van der Waals surface area contributed by atoms with Crippen LogP contribution in [0.25, 0.3) is 0 Å². The largest absolute Gasteiger partial charge is 0.507 e. The highest BCUT2D eigenvalue weighted by Gasteiger charge is 2.37. The lowest BCUT2D eigenvalue weighted by Gasteiger charge is -2.15. The van der Waals surface area contributed by atoms with Crippen LogP contribution in [-0.2, 0) is 12.4 Å². The third-order valence-electron chi connectivity index (χ3n) is 3.05. The molecule has 134 valence electrons. The van der Waals surface area contributed by atoms with Crippen molar-refractivity contribution in [2.24, 2.45) is 0 Å². The monoisotopic (exact) mass is 367 g/mol. The van der Waals surface area contributed by atoms with Crippen molar-refractivity contribution in [1.29, 1.82) is 0 Å². The first-order valence-electron chi connectivity index (χ1n) is 6.47. The van der Waals surface area contributed by atoms with Crippen LogP contribution in [0.1, 0.15) is 21.5 Å². The molecule has 10 heteroatoms. The van der Waals surface area contributed by atoms with Gasteiger partial charge in [0, 0.05) is 5.69 Å². The van der Waals surface area contributed by atoms with Gasteiger partial charge in [0.05, 0.1) is 16.7 Å². The standard InChI is InChI=1S/C15H8F7NO2/c16-9-1-2-12(24)11(6-9)13(25)23-10-4-7(14(17,18)19)3-8(5-10)15(20,21)22/h1-6,24H,(H,23,25). The summed E-state index contributed by atoms with van der Waals surface area (Å²) >= 11 is 0. The molecule has 0 atom stereocenters. The zero-order valence-corrected chi connectivity index (χ0v) is 12.0. The second-order valence-electron chi connectivity index (χ2n) is 4.91. The van der Waals surface area contributed by atoms with E-state index in [2.05, 4.69) is 0 Å². The summed E-state index contributed by atoms with van der Waals surface area (Å²) in [6.45, 7) is 0. The van der Waals surface area contributed by atoms with Gasteiger partial charge < -0.3 is 10.4 Å². The molecular formula is C15H8F7NO2. The van der Waals surface area contributed by atoms with Crippen LogP contribution < -0.4 is 5.32 Å². The summed E-state index contributed by atoms with van der Waals surface area (Å²) in [6, 6.07) is 2.71. The molecule has 0 bridgehead atoms. The number of benzene rings is 2. The second kappa shape index (κ2) is 6.26. The Labute approximate surface area is 135 Å². The summed E-state index contributed by atoms with van der Waals surface area (Å²) in [4.78, 5) is 11.9. The molecule has 1 amide bonds. The maximum Gasteiger partial charge on any atom is 0.416 e. The third kappa shape index (κ3) is 4.40. The predicted octanol–water partition coefficient (Wildman–Crippen LogP) is 4.82. The van der Waals surface area contributed by atoms with Gasteiger partial charge in [-0.15, -0.1) is 0 Å². The van der Waals surface area contributed by atoms with Gasteiger partial charge in [0.15, 0.2) is 0 Å². The van der Waals surface area contributed by atoms with Crippen LogP contribution in [-0.4, -0.2) is 11.0 Å². The van der Waals surface area contributed by atoms with Gasteiger partial charge in [0.2, 0.25) is 0 Å². The van der Waals surface area contributed by atoms with E-state index in [1.807, 2.05) is 0 Å². The molecule has 25 heavy (non-hydrogen) atoms. The van der Waals surface area contributed by atoms with E-state index in [4.69, 9.17) is 0 Å². The van der Waals surface area contributed by atoms with Crippen LogP contribution in [0.3, 0.4) is 0 Å². The van der Waals surface area contributed by atoms with Crippen LogP contribution in [0.15, 0.2) is 36.4 Å². The number of rotatable bonds is 2. The lowest BCUT2D eigenvalue weighted by molar-refractivity contribution is -0.143. The van der Waals surface area contributed by atoms with Gasteiger partial charge in [-0.2, -0.15) is 26.3 Å². The van der Waals surface area contributed by atoms with E-state index in [1.165, 1.54) is 0 Å². The Balaban J connectivity index is 2.45. The van der Waals surface area contributed by atoms with Crippen LogP contribution in [0.5, 0.6) is 5.75 Å². The number of aromatic hydroxyl groups is 1. The molecule has 2 N–H and O–H groups in total. The Bertz CT molecular complexity index is 780. The summed E-state index contributed by atoms with van der Waals surface area (Å²) in [5, 5.41) is 11.2. The first-order chi connectivity index (χ1) is 11.4. The van der Waals surface area contributed by atoms with Gasteiger partial charge in [-0.05, 0) is 36.4 Å². The average molecular weight is 367 g/mol. The Morgan fingerprint density at radius 3 is 1.88 bits per heavy atom. The van der Waals surface area contributed by atoms with E-state index in [-0.39, 0.29) is 6.07 Å². The molecule has 0 aliphatic rings. The van der Waals surface area contributed by atoms with Gasteiger partial charge in [-0.1, -0.05) is 0 Å². The smallest absolute Gasteiger partial charge is 0.416 e. The molecule has 0 fully saturated rings. The molecule has 0 aromatic heterocycles. The van der Waals surface area contributed by atoms with Crippen molar-refractivity contribution in [3.05, 3.63) is 58.9 Å². The molecule has 2 aromatic rings. The van der Waals surface area contributed by atoms with Crippen molar-refractivity contribution in [1.82, 2.24) is 0 Å². The Kier molecular flexibility index (Phi) is 4.65. The van der Waals surface area contributed by atoms with Crippen molar-refractivity contribution in [2.75, 3.05) is 5.32 Å². The summed E-state index contributed by atoms with van der Waals surface area (Å²) in [5.74, 6) is -2.89. The molecule has 0 aliphatic heterocycles. The van der Waals surface area contributed by atoms with Crippen LogP contribution in [0, 0.1) is 5.82 Å². The van der Waals surface area contributed by atoms with Crippen molar-refractivity contribution in [3.8, 4) is 5.75 Å². The fourth-order valence-corrected chi connectivity index (χ4v) is 1.92. The second-order valence-corrected chi connectivity index (χ2v) is 4.91. The number of alkyl halides is 6. The minimum atomic E-state index is -5.08. The molecular weight excluding hydrogens is 359 g/mol. The first-order valence-corrected chi connectivity index (χ1v) is 6.47. The maximum absolute atomic E-state index is 13.1. The molecule has 0 saturated heterocycles. The van der Waals surface area contributed by atoms with Crippen LogP contribution >= 0.6 is 0 Å². The van der Waals surface area contributed by atoms with Crippen molar-refractivity contribution >= 4 is 11.6 Å². The molecule has 2 rings (SSSR count). The van der Waals surface area contributed by atoms with E-state index in [1.54, 1.807) is 5.32 Å². The average Bonchev–Trinajstić information content (AvgIpc) is 2.47. The Morgan fingerprint density at radius 1 is 0.880 bits per heavy atom. The number of anilines is 1. The first kappa shape index (κ1) is 18.6. The van der Waals surface area contributed by atoms with Gasteiger partial charge >= 0.3 is 12.4 Å². The summed E-state index contributed by atoms with van der Waals surface area (Å²) in [7, 11) is 0. The summed E-state index contributed by atoms with van der Waals surface area (Å²) < 4.78 is 89.6. The van der Waals surface area contributed by atoms with Gasteiger partial charge in [0.1, 0.15) is 11.6 Å². The highest BCUT2D eigenvalue weighted by Crippen LogP contribution is 2.37. The number of halogens is 7. The topological polar surface area (TPSA) is 49.3 Å². The SMILES string of the molecule is O=C(Nc1cc(C(F)(F)F)cc(C(F)(F)F)c1)c1cc(F)ccc1O. The zero-order chi connectivity index (χ0) is 19.0. The van der Waals surface area contributed by atoms with Crippen LogP contribution in [0.4, 0.5) is 36.4 Å². The number of nitrogens with one attached hydrogen (secondary N) is 1. The van der Waals surface area contributed by atoms with E-state index in [0.717, 1.165) is 12.1 Å².